The van der Waals surface area contributed by atoms with Crippen LogP contribution in [-0.2, 0) is 46.3 Å². The Morgan fingerprint density at radius 3 is 1.75 bits per heavy atom. The minimum atomic E-state index is -1.27. The zero-order chi connectivity index (χ0) is 41.6. The highest BCUT2D eigenvalue weighted by molar-refractivity contribution is 5.94. The molecule has 4 amide bonds. The van der Waals surface area contributed by atoms with Crippen molar-refractivity contribution in [1.82, 2.24) is 20.4 Å². The van der Waals surface area contributed by atoms with Crippen molar-refractivity contribution in [1.29, 1.82) is 0 Å². The van der Waals surface area contributed by atoms with Gasteiger partial charge in [-0.25, -0.2) is 9.59 Å². The Morgan fingerprint density at radius 2 is 1.30 bits per heavy atom. The summed E-state index contributed by atoms with van der Waals surface area (Å²) in [4.78, 5) is 77.1. The number of aryl methyl sites for hydroxylation is 2. The van der Waals surface area contributed by atoms with Crippen molar-refractivity contribution in [2.75, 3.05) is 20.2 Å². The maximum atomic E-state index is 12.8. The van der Waals surface area contributed by atoms with E-state index in [0.717, 1.165) is 22.3 Å². The fraction of sp³-hybridized carbons (Fsp3) is 0.500. The molecule has 12 heteroatoms. The van der Waals surface area contributed by atoms with Crippen LogP contribution in [0.25, 0.3) is 0 Å². The Labute approximate surface area is 331 Å². The van der Waals surface area contributed by atoms with Gasteiger partial charge in [0.15, 0.2) is 0 Å². The number of amides is 4. The summed E-state index contributed by atoms with van der Waals surface area (Å²) in [7, 11) is 1.32. The Morgan fingerprint density at radius 1 is 0.821 bits per heavy atom. The topological polar surface area (TPSA) is 162 Å². The summed E-state index contributed by atoms with van der Waals surface area (Å²) in [6.07, 6.45) is 14.2. The molecule has 4 rings (SSSR count). The van der Waals surface area contributed by atoms with E-state index >= 15 is 0 Å². The molecule has 0 bridgehead atoms. The Bertz CT molecular complexity index is 1820. The van der Waals surface area contributed by atoms with E-state index in [1.54, 1.807) is 6.92 Å². The van der Waals surface area contributed by atoms with Gasteiger partial charge in [0, 0.05) is 37.1 Å². The predicted molar refractivity (Wildman–Crippen MR) is 213 cm³/mol. The number of hydrogen-bond acceptors (Lipinski definition) is 7. The maximum absolute atomic E-state index is 12.8. The van der Waals surface area contributed by atoms with E-state index in [9.17, 15) is 33.9 Å². The second kappa shape index (κ2) is 20.9. The highest BCUT2D eigenvalue weighted by atomic mass is 16.5. The number of rotatable bonds is 16. The van der Waals surface area contributed by atoms with E-state index in [4.69, 9.17) is 17.6 Å². The van der Waals surface area contributed by atoms with Crippen LogP contribution in [-0.4, -0.2) is 94.3 Å². The van der Waals surface area contributed by atoms with Gasteiger partial charge in [-0.15, -0.1) is 12.8 Å². The molecule has 2 heterocycles. The number of carbonyl (C=O) groups is 6. The van der Waals surface area contributed by atoms with Gasteiger partial charge >= 0.3 is 11.9 Å². The van der Waals surface area contributed by atoms with Gasteiger partial charge < -0.3 is 30.3 Å². The molecule has 0 saturated carbocycles. The molecule has 0 radical (unpaired) electrons. The molecule has 2 saturated heterocycles. The number of esters is 1. The van der Waals surface area contributed by atoms with E-state index in [1.807, 2.05) is 76.2 Å². The molecule has 2 aliphatic rings. The lowest BCUT2D eigenvalue weighted by atomic mass is 9.89. The number of carboxylic acid groups (broad SMARTS) is 1. The second-order valence-corrected chi connectivity index (χ2v) is 15.3. The van der Waals surface area contributed by atoms with Crippen molar-refractivity contribution in [3.63, 3.8) is 0 Å². The number of ether oxygens (including phenoxy) is 1. The quantitative estimate of drug-likeness (QED) is 0.170. The zero-order valence-corrected chi connectivity index (χ0v) is 33.4. The lowest BCUT2D eigenvalue weighted by molar-refractivity contribution is -0.157. The average Bonchev–Trinajstić information content (AvgIpc) is 3.72. The largest absolute Gasteiger partial charge is 0.480 e. The van der Waals surface area contributed by atoms with Crippen molar-refractivity contribution in [2.24, 2.45) is 11.8 Å². The van der Waals surface area contributed by atoms with Crippen molar-refractivity contribution < 1.29 is 38.6 Å². The monoisotopic (exact) mass is 768 g/mol. The van der Waals surface area contributed by atoms with Crippen LogP contribution in [0.4, 0.5) is 0 Å². The lowest BCUT2D eigenvalue weighted by Gasteiger charge is -2.36. The van der Waals surface area contributed by atoms with Gasteiger partial charge in [0.2, 0.25) is 23.6 Å². The lowest BCUT2D eigenvalue weighted by Crippen LogP contribution is -2.56. The third-order valence-corrected chi connectivity index (χ3v) is 10.1. The van der Waals surface area contributed by atoms with Gasteiger partial charge in [0.05, 0.1) is 7.11 Å². The van der Waals surface area contributed by atoms with E-state index in [1.165, 1.54) is 16.9 Å². The SMILES string of the molecule is C#Cc1ccccc1CCC(=O)N[C@@H]1CCN([C@@H](CC(C)C)C(=O)OC)C1=O.C#Cc1ccccc1CCC(=O)N[C@@H]1CCN([C@@](C)(CC(C)C)C(=O)O)C1=O. The number of benzene rings is 2. The second-order valence-electron chi connectivity index (χ2n) is 15.3. The first-order chi connectivity index (χ1) is 26.6. The standard InChI is InChI=1S/2C22H28N2O4/c1-5-16-8-6-7-9-17(16)10-11-20(25)23-18-12-13-24(21(18)26)19(14-15(2)3)22(27)28-4;1-5-16-8-6-7-9-17(16)10-11-19(25)23-18-12-13-24(20(18)26)22(4,21(27)28)14-15(2)3/h1,6-9,15,18-19H,10-14H2,2-4H3,(H,23,25);1,6-9,15,18H,10-14H2,2-4H3,(H,23,25)(H,27,28)/t18-,19+;18-,22+/m11/s1. The van der Waals surface area contributed by atoms with Crippen molar-refractivity contribution >= 4 is 35.6 Å². The van der Waals surface area contributed by atoms with Gasteiger partial charge in [-0.2, -0.15) is 0 Å². The third-order valence-electron chi connectivity index (χ3n) is 10.1. The maximum Gasteiger partial charge on any atom is 0.329 e. The molecule has 0 aromatic heterocycles. The van der Waals surface area contributed by atoms with E-state index in [0.29, 0.717) is 51.6 Å². The van der Waals surface area contributed by atoms with Crippen molar-refractivity contribution in [2.45, 2.75) is 110 Å². The summed E-state index contributed by atoms with van der Waals surface area (Å²) in [6, 6.07) is 13.0. The number of carboxylic acids is 1. The molecule has 56 heavy (non-hydrogen) atoms. The molecule has 4 atom stereocenters. The van der Waals surface area contributed by atoms with Crippen molar-refractivity contribution in [3.05, 3.63) is 70.8 Å². The number of aliphatic carboxylic acids is 1. The first-order valence-electron chi connectivity index (χ1n) is 19.2. The molecule has 0 spiro atoms. The minimum Gasteiger partial charge on any atom is -0.480 e. The highest BCUT2D eigenvalue weighted by Gasteiger charge is 2.48. The van der Waals surface area contributed by atoms with Crippen molar-refractivity contribution in [3.8, 4) is 24.7 Å². The fourth-order valence-electron chi connectivity index (χ4n) is 7.28. The summed E-state index contributed by atoms with van der Waals surface area (Å²) in [5.74, 6) is 3.13. The molecule has 12 nitrogen and oxygen atoms in total. The summed E-state index contributed by atoms with van der Waals surface area (Å²) in [6.45, 7) is 10.2. The van der Waals surface area contributed by atoms with Crippen LogP contribution in [0.15, 0.2) is 48.5 Å². The number of nitrogens with one attached hydrogen (secondary N) is 2. The Balaban J connectivity index is 0.000000300. The van der Waals surface area contributed by atoms with E-state index in [-0.39, 0.29) is 48.3 Å². The van der Waals surface area contributed by atoms with Gasteiger partial charge in [-0.1, -0.05) is 75.9 Å². The number of methoxy groups -OCH3 is 1. The third kappa shape index (κ3) is 11.9. The molecule has 2 aromatic rings. The molecule has 2 fully saturated rings. The summed E-state index contributed by atoms with van der Waals surface area (Å²) < 4.78 is 4.86. The molecular formula is C44H56N4O8. The van der Waals surface area contributed by atoms with Crippen LogP contribution in [0.3, 0.4) is 0 Å². The van der Waals surface area contributed by atoms with Crippen LogP contribution in [0.5, 0.6) is 0 Å². The minimum absolute atomic E-state index is 0.124. The number of likely N-dealkylation sites (tertiary alicyclic amines) is 2. The Hall–Kier alpha value is -5.62. The van der Waals surface area contributed by atoms with Crippen LogP contribution in [0, 0.1) is 36.5 Å². The van der Waals surface area contributed by atoms with Gasteiger partial charge in [-0.05, 0) is 80.5 Å². The predicted octanol–water partition coefficient (Wildman–Crippen LogP) is 4.11. The first kappa shape index (κ1) is 44.8. The number of hydrogen-bond donors (Lipinski definition) is 3. The average molecular weight is 769 g/mol. The molecule has 300 valence electrons. The first-order valence-corrected chi connectivity index (χ1v) is 19.2. The summed E-state index contributed by atoms with van der Waals surface area (Å²) in [5, 5.41) is 15.2. The number of nitrogens with zero attached hydrogens (tertiary/aromatic N) is 2. The molecule has 0 unspecified atom stereocenters. The number of terminal acetylenes is 2. The van der Waals surface area contributed by atoms with Crippen LogP contribution >= 0.6 is 0 Å². The van der Waals surface area contributed by atoms with Crippen LogP contribution in [0.2, 0.25) is 0 Å². The molecule has 2 aromatic carbocycles. The normalized spacial score (nSPS) is 18.0. The Kier molecular flexibility index (Phi) is 16.7. The molecule has 2 aliphatic heterocycles. The summed E-state index contributed by atoms with van der Waals surface area (Å²) in [5.41, 5.74) is 2.10. The molecule has 0 aliphatic carbocycles. The smallest absolute Gasteiger partial charge is 0.329 e. The fourth-order valence-corrected chi connectivity index (χ4v) is 7.28. The zero-order valence-electron chi connectivity index (χ0n) is 33.4. The molecular weight excluding hydrogens is 713 g/mol. The van der Waals surface area contributed by atoms with Crippen LogP contribution < -0.4 is 10.6 Å². The summed E-state index contributed by atoms with van der Waals surface area (Å²) >= 11 is 0. The molecule has 3 N–H and O–H groups in total. The van der Waals surface area contributed by atoms with Gasteiger partial charge in [-0.3, -0.25) is 19.2 Å². The highest BCUT2D eigenvalue weighted by Crippen LogP contribution is 2.29. The van der Waals surface area contributed by atoms with E-state index < -0.39 is 35.6 Å². The van der Waals surface area contributed by atoms with Crippen LogP contribution in [0.1, 0.15) is 95.4 Å². The van der Waals surface area contributed by atoms with Gasteiger partial charge in [0.25, 0.3) is 0 Å². The number of carbonyl (C=O) groups excluding carboxylic acids is 5. The van der Waals surface area contributed by atoms with Gasteiger partial charge in [0.1, 0.15) is 23.7 Å². The van der Waals surface area contributed by atoms with E-state index in [2.05, 4.69) is 22.5 Å².